The molecule has 0 saturated carbocycles. The summed E-state index contributed by atoms with van der Waals surface area (Å²) in [6.07, 6.45) is 0. The SMILES string of the molecule is CC(=CCl)Oc1ccc(F)cc1C#N. The highest BCUT2D eigenvalue weighted by molar-refractivity contribution is 6.25. The first-order valence-electron chi connectivity index (χ1n) is 3.82. The molecule has 1 rings (SSSR count). The molecule has 0 bridgehead atoms. The van der Waals surface area contributed by atoms with Gasteiger partial charge in [-0.3, -0.25) is 0 Å². The summed E-state index contributed by atoms with van der Waals surface area (Å²) in [6.45, 7) is 1.64. The van der Waals surface area contributed by atoms with E-state index in [1.54, 1.807) is 6.92 Å². The Morgan fingerprint density at radius 3 is 2.93 bits per heavy atom. The normalized spacial score (nSPS) is 10.9. The number of nitrogens with zero attached hydrogens (tertiary/aromatic N) is 1. The molecule has 0 aromatic heterocycles. The van der Waals surface area contributed by atoms with Gasteiger partial charge in [-0.2, -0.15) is 5.26 Å². The molecule has 0 unspecified atom stereocenters. The van der Waals surface area contributed by atoms with Crippen molar-refractivity contribution in [1.29, 1.82) is 5.26 Å². The zero-order chi connectivity index (χ0) is 10.6. The Balaban J connectivity index is 3.04. The van der Waals surface area contributed by atoms with E-state index in [-0.39, 0.29) is 5.56 Å². The maximum absolute atomic E-state index is 12.7. The van der Waals surface area contributed by atoms with Gasteiger partial charge in [-0.15, -0.1) is 0 Å². The molecule has 1 aromatic carbocycles. The zero-order valence-electron chi connectivity index (χ0n) is 7.42. The van der Waals surface area contributed by atoms with Crippen LogP contribution in [0.3, 0.4) is 0 Å². The molecule has 0 radical (unpaired) electrons. The summed E-state index contributed by atoms with van der Waals surface area (Å²) in [5.41, 5.74) is 1.38. The van der Waals surface area contributed by atoms with E-state index in [0.29, 0.717) is 11.5 Å². The standard InChI is InChI=1S/C10H7ClFNO/c1-7(5-11)14-10-3-2-9(12)4-8(10)6-13/h2-5H,1H3. The van der Waals surface area contributed by atoms with Crippen LogP contribution in [-0.4, -0.2) is 0 Å². The van der Waals surface area contributed by atoms with Gasteiger partial charge in [-0.05, 0) is 25.1 Å². The lowest BCUT2D eigenvalue weighted by Gasteiger charge is -2.05. The summed E-state index contributed by atoms with van der Waals surface area (Å²) in [4.78, 5) is 0. The first-order valence-corrected chi connectivity index (χ1v) is 4.25. The molecule has 0 fully saturated rings. The number of nitriles is 1. The van der Waals surface area contributed by atoms with Crippen molar-refractivity contribution < 1.29 is 9.13 Å². The van der Waals surface area contributed by atoms with E-state index in [0.717, 1.165) is 6.07 Å². The highest BCUT2D eigenvalue weighted by Crippen LogP contribution is 2.20. The van der Waals surface area contributed by atoms with Crippen LogP contribution in [-0.2, 0) is 0 Å². The van der Waals surface area contributed by atoms with E-state index in [1.807, 2.05) is 6.07 Å². The van der Waals surface area contributed by atoms with Crippen molar-refractivity contribution in [3.8, 4) is 11.8 Å². The van der Waals surface area contributed by atoms with Crippen molar-refractivity contribution in [3.63, 3.8) is 0 Å². The third-order valence-electron chi connectivity index (χ3n) is 1.49. The number of halogens is 2. The van der Waals surface area contributed by atoms with E-state index >= 15 is 0 Å². The van der Waals surface area contributed by atoms with Crippen LogP contribution in [0.5, 0.6) is 5.75 Å². The van der Waals surface area contributed by atoms with Crippen LogP contribution in [0, 0.1) is 17.1 Å². The number of hydrogen-bond acceptors (Lipinski definition) is 2. The van der Waals surface area contributed by atoms with E-state index in [1.165, 1.54) is 17.7 Å². The van der Waals surface area contributed by atoms with Gasteiger partial charge in [0.25, 0.3) is 0 Å². The molecule has 72 valence electrons. The van der Waals surface area contributed by atoms with Gasteiger partial charge >= 0.3 is 0 Å². The van der Waals surface area contributed by atoms with Gasteiger partial charge in [0.15, 0.2) is 0 Å². The minimum atomic E-state index is -0.471. The third-order valence-corrected chi connectivity index (χ3v) is 1.79. The Labute approximate surface area is 86.2 Å². The number of allylic oxidation sites excluding steroid dienone is 1. The zero-order valence-corrected chi connectivity index (χ0v) is 8.18. The lowest BCUT2D eigenvalue weighted by Crippen LogP contribution is -1.93. The van der Waals surface area contributed by atoms with Gasteiger partial charge in [-0.1, -0.05) is 11.6 Å². The molecule has 0 aliphatic rings. The number of hydrogen-bond donors (Lipinski definition) is 0. The lowest BCUT2D eigenvalue weighted by atomic mass is 10.2. The summed E-state index contributed by atoms with van der Waals surface area (Å²) < 4.78 is 17.9. The van der Waals surface area contributed by atoms with Gasteiger partial charge < -0.3 is 4.74 Å². The molecular formula is C10H7ClFNO. The van der Waals surface area contributed by atoms with E-state index < -0.39 is 5.82 Å². The molecule has 1 aromatic rings. The van der Waals surface area contributed by atoms with Crippen LogP contribution in [0.2, 0.25) is 0 Å². The van der Waals surface area contributed by atoms with Gasteiger partial charge in [-0.25, -0.2) is 4.39 Å². The van der Waals surface area contributed by atoms with Crippen LogP contribution >= 0.6 is 11.6 Å². The minimum absolute atomic E-state index is 0.142. The van der Waals surface area contributed by atoms with E-state index in [2.05, 4.69) is 0 Å². The Kier molecular flexibility index (Phi) is 3.49. The average molecular weight is 212 g/mol. The van der Waals surface area contributed by atoms with Crippen LogP contribution in [0.4, 0.5) is 4.39 Å². The Morgan fingerprint density at radius 2 is 2.36 bits per heavy atom. The van der Waals surface area contributed by atoms with Crippen LogP contribution in [0.25, 0.3) is 0 Å². The Morgan fingerprint density at radius 1 is 1.64 bits per heavy atom. The van der Waals surface area contributed by atoms with Crippen molar-refractivity contribution in [2.24, 2.45) is 0 Å². The predicted molar refractivity (Wildman–Crippen MR) is 51.4 cm³/mol. The van der Waals surface area contributed by atoms with Gasteiger partial charge in [0.05, 0.1) is 5.56 Å². The van der Waals surface area contributed by atoms with Crippen LogP contribution < -0.4 is 4.74 Å². The van der Waals surface area contributed by atoms with Crippen molar-refractivity contribution in [2.45, 2.75) is 6.92 Å². The molecule has 14 heavy (non-hydrogen) atoms. The second-order valence-electron chi connectivity index (χ2n) is 2.57. The molecule has 0 aliphatic heterocycles. The van der Waals surface area contributed by atoms with E-state index in [9.17, 15) is 4.39 Å². The summed E-state index contributed by atoms with van der Waals surface area (Å²) in [5, 5.41) is 8.68. The number of benzene rings is 1. The Hall–Kier alpha value is -1.53. The highest BCUT2D eigenvalue weighted by Gasteiger charge is 2.05. The van der Waals surface area contributed by atoms with Crippen molar-refractivity contribution in [3.05, 3.63) is 40.9 Å². The first-order chi connectivity index (χ1) is 6.67. The summed E-state index contributed by atoms with van der Waals surface area (Å²) in [5.74, 6) is 0.263. The van der Waals surface area contributed by atoms with Crippen molar-refractivity contribution in [2.75, 3.05) is 0 Å². The lowest BCUT2D eigenvalue weighted by molar-refractivity contribution is 0.426. The summed E-state index contributed by atoms with van der Waals surface area (Å²) in [7, 11) is 0. The molecular weight excluding hydrogens is 205 g/mol. The smallest absolute Gasteiger partial charge is 0.144 e. The van der Waals surface area contributed by atoms with Crippen LogP contribution in [0.1, 0.15) is 12.5 Å². The average Bonchev–Trinajstić information content (AvgIpc) is 2.20. The molecule has 0 heterocycles. The highest BCUT2D eigenvalue weighted by atomic mass is 35.5. The third kappa shape index (κ3) is 2.48. The number of ether oxygens (including phenoxy) is 1. The summed E-state index contributed by atoms with van der Waals surface area (Å²) >= 11 is 5.38. The van der Waals surface area contributed by atoms with Gasteiger partial charge in [0.1, 0.15) is 23.4 Å². The minimum Gasteiger partial charge on any atom is -0.460 e. The largest absolute Gasteiger partial charge is 0.460 e. The molecule has 2 nitrogen and oxygen atoms in total. The van der Waals surface area contributed by atoms with Crippen LogP contribution in [0.15, 0.2) is 29.5 Å². The van der Waals surface area contributed by atoms with Gasteiger partial charge in [0.2, 0.25) is 0 Å². The molecule has 0 amide bonds. The van der Waals surface area contributed by atoms with Crippen molar-refractivity contribution in [1.82, 2.24) is 0 Å². The van der Waals surface area contributed by atoms with Gasteiger partial charge in [0, 0.05) is 5.54 Å². The fourth-order valence-electron chi connectivity index (χ4n) is 0.874. The fraction of sp³-hybridized carbons (Fsp3) is 0.100. The maximum Gasteiger partial charge on any atom is 0.144 e. The Bertz CT molecular complexity index is 409. The molecule has 0 atom stereocenters. The predicted octanol–water partition coefficient (Wildman–Crippen LogP) is 3.18. The molecule has 4 heteroatoms. The monoisotopic (exact) mass is 211 g/mol. The second-order valence-corrected chi connectivity index (χ2v) is 2.79. The summed E-state index contributed by atoms with van der Waals surface area (Å²) in [6, 6.07) is 5.55. The van der Waals surface area contributed by atoms with Crippen molar-refractivity contribution >= 4 is 11.6 Å². The second kappa shape index (κ2) is 4.64. The fourth-order valence-corrected chi connectivity index (χ4v) is 0.919. The number of rotatable bonds is 2. The molecule has 0 spiro atoms. The first kappa shape index (κ1) is 10.6. The molecule has 0 N–H and O–H groups in total. The topological polar surface area (TPSA) is 33.0 Å². The maximum atomic E-state index is 12.7. The molecule has 0 saturated heterocycles. The quantitative estimate of drug-likeness (QED) is 0.704. The molecule has 0 aliphatic carbocycles. The van der Waals surface area contributed by atoms with E-state index in [4.69, 9.17) is 21.6 Å².